The zero-order chi connectivity index (χ0) is 11.5. The standard InChI is InChI=1S/C11H13FN2OS/c12-8-1-3-9(4-2-8)14-10(5-13)6-16-7-11(14)15/h1-4,10H,5-7,13H2. The van der Waals surface area contributed by atoms with Gasteiger partial charge in [-0.3, -0.25) is 4.79 Å². The molecule has 5 heteroatoms. The number of benzene rings is 1. The summed E-state index contributed by atoms with van der Waals surface area (Å²) < 4.78 is 12.8. The van der Waals surface area contributed by atoms with Crippen molar-refractivity contribution in [3.05, 3.63) is 30.1 Å². The van der Waals surface area contributed by atoms with E-state index in [4.69, 9.17) is 5.73 Å². The van der Waals surface area contributed by atoms with E-state index in [0.29, 0.717) is 12.3 Å². The third-order valence-corrected chi connectivity index (χ3v) is 3.62. The molecule has 1 aliphatic rings. The van der Waals surface area contributed by atoms with E-state index in [2.05, 4.69) is 0 Å². The molecule has 1 heterocycles. The molecular formula is C11H13FN2OS. The lowest BCUT2D eigenvalue weighted by molar-refractivity contribution is -0.116. The molecule has 1 aromatic carbocycles. The van der Waals surface area contributed by atoms with Crippen LogP contribution in [0.3, 0.4) is 0 Å². The van der Waals surface area contributed by atoms with E-state index in [-0.39, 0.29) is 17.8 Å². The number of rotatable bonds is 2. The number of halogens is 1. The number of hydrogen-bond donors (Lipinski definition) is 1. The van der Waals surface area contributed by atoms with Gasteiger partial charge in [0.1, 0.15) is 5.82 Å². The highest BCUT2D eigenvalue weighted by atomic mass is 32.2. The lowest BCUT2D eigenvalue weighted by Gasteiger charge is -2.34. The van der Waals surface area contributed by atoms with Gasteiger partial charge < -0.3 is 10.6 Å². The Kier molecular flexibility index (Phi) is 3.46. The van der Waals surface area contributed by atoms with Crippen LogP contribution >= 0.6 is 11.8 Å². The smallest absolute Gasteiger partial charge is 0.237 e. The van der Waals surface area contributed by atoms with Crippen molar-refractivity contribution < 1.29 is 9.18 Å². The minimum Gasteiger partial charge on any atom is -0.328 e. The Morgan fingerprint density at radius 1 is 1.44 bits per heavy atom. The molecular weight excluding hydrogens is 227 g/mol. The second-order valence-corrected chi connectivity index (χ2v) is 4.68. The molecule has 0 aliphatic carbocycles. The van der Waals surface area contributed by atoms with Crippen molar-refractivity contribution in [3.63, 3.8) is 0 Å². The normalized spacial score (nSPS) is 21.2. The fourth-order valence-corrected chi connectivity index (χ4v) is 2.75. The van der Waals surface area contributed by atoms with Gasteiger partial charge in [-0.1, -0.05) is 0 Å². The number of nitrogens with zero attached hydrogens (tertiary/aromatic N) is 1. The van der Waals surface area contributed by atoms with Gasteiger partial charge in [-0.2, -0.15) is 0 Å². The molecule has 1 unspecified atom stereocenters. The molecule has 1 aromatic rings. The average Bonchev–Trinajstić information content (AvgIpc) is 2.30. The van der Waals surface area contributed by atoms with Crippen LogP contribution in [0.15, 0.2) is 24.3 Å². The van der Waals surface area contributed by atoms with E-state index < -0.39 is 0 Å². The number of amides is 1. The molecule has 1 aliphatic heterocycles. The summed E-state index contributed by atoms with van der Waals surface area (Å²) in [6.07, 6.45) is 0. The third kappa shape index (κ3) is 2.20. The minimum atomic E-state index is -0.299. The summed E-state index contributed by atoms with van der Waals surface area (Å²) in [6.45, 7) is 0.427. The maximum atomic E-state index is 12.8. The van der Waals surface area contributed by atoms with Crippen LogP contribution in [-0.4, -0.2) is 30.0 Å². The Hall–Kier alpha value is -1.07. The van der Waals surface area contributed by atoms with Gasteiger partial charge in [0.15, 0.2) is 0 Å². The molecule has 1 saturated heterocycles. The van der Waals surface area contributed by atoms with E-state index in [9.17, 15) is 9.18 Å². The Morgan fingerprint density at radius 3 is 2.75 bits per heavy atom. The first kappa shape index (κ1) is 11.4. The maximum Gasteiger partial charge on any atom is 0.237 e. The molecule has 3 nitrogen and oxygen atoms in total. The van der Waals surface area contributed by atoms with E-state index in [0.717, 1.165) is 11.4 Å². The SMILES string of the molecule is NCC1CSCC(=O)N1c1ccc(F)cc1. The van der Waals surface area contributed by atoms with E-state index >= 15 is 0 Å². The first-order chi connectivity index (χ1) is 7.72. The van der Waals surface area contributed by atoms with Gasteiger partial charge in [0.2, 0.25) is 5.91 Å². The highest BCUT2D eigenvalue weighted by Gasteiger charge is 2.28. The average molecular weight is 240 g/mol. The zero-order valence-electron chi connectivity index (χ0n) is 8.73. The van der Waals surface area contributed by atoms with E-state index in [1.807, 2.05) is 0 Å². The molecule has 16 heavy (non-hydrogen) atoms. The Balaban J connectivity index is 2.28. The summed E-state index contributed by atoms with van der Waals surface area (Å²) in [7, 11) is 0. The monoisotopic (exact) mass is 240 g/mol. The largest absolute Gasteiger partial charge is 0.328 e. The second kappa shape index (κ2) is 4.84. The van der Waals surface area contributed by atoms with Gasteiger partial charge in [-0.05, 0) is 24.3 Å². The zero-order valence-corrected chi connectivity index (χ0v) is 9.54. The molecule has 2 N–H and O–H groups in total. The van der Waals surface area contributed by atoms with Crippen molar-refractivity contribution in [1.82, 2.24) is 0 Å². The number of nitrogens with two attached hydrogens (primary N) is 1. The van der Waals surface area contributed by atoms with Crippen LogP contribution in [0.25, 0.3) is 0 Å². The lowest BCUT2D eigenvalue weighted by Crippen LogP contribution is -2.50. The molecule has 0 spiro atoms. The number of hydrogen-bond acceptors (Lipinski definition) is 3. The van der Waals surface area contributed by atoms with Crippen molar-refractivity contribution in [2.75, 3.05) is 23.0 Å². The summed E-state index contributed by atoms with van der Waals surface area (Å²) in [6, 6.07) is 5.96. The van der Waals surface area contributed by atoms with Crippen molar-refractivity contribution in [2.45, 2.75) is 6.04 Å². The number of carbonyl (C=O) groups is 1. The van der Waals surface area contributed by atoms with Gasteiger partial charge >= 0.3 is 0 Å². The summed E-state index contributed by atoms with van der Waals surface area (Å²) in [4.78, 5) is 13.5. The van der Waals surface area contributed by atoms with Crippen LogP contribution in [0.1, 0.15) is 0 Å². The topological polar surface area (TPSA) is 46.3 Å². The maximum absolute atomic E-state index is 12.8. The van der Waals surface area contributed by atoms with Gasteiger partial charge in [0.25, 0.3) is 0 Å². The predicted octanol–water partition coefficient (Wildman–Crippen LogP) is 1.23. The van der Waals surface area contributed by atoms with Crippen LogP contribution in [0, 0.1) is 5.82 Å². The van der Waals surface area contributed by atoms with Gasteiger partial charge in [-0.25, -0.2) is 4.39 Å². The van der Waals surface area contributed by atoms with Crippen molar-refractivity contribution in [2.24, 2.45) is 5.73 Å². The highest BCUT2D eigenvalue weighted by molar-refractivity contribution is 8.00. The van der Waals surface area contributed by atoms with Crippen molar-refractivity contribution in [3.8, 4) is 0 Å². The second-order valence-electron chi connectivity index (χ2n) is 3.64. The molecule has 0 bridgehead atoms. The van der Waals surface area contributed by atoms with Crippen LogP contribution in [0.2, 0.25) is 0 Å². The Morgan fingerprint density at radius 2 is 2.12 bits per heavy atom. The molecule has 86 valence electrons. The number of carbonyl (C=O) groups excluding carboxylic acids is 1. The fraction of sp³-hybridized carbons (Fsp3) is 0.364. The summed E-state index contributed by atoms with van der Waals surface area (Å²) in [5, 5.41) is 0. The molecule has 0 saturated carbocycles. The molecule has 2 rings (SSSR count). The first-order valence-electron chi connectivity index (χ1n) is 5.08. The third-order valence-electron chi connectivity index (χ3n) is 2.55. The molecule has 0 radical (unpaired) electrons. The van der Waals surface area contributed by atoms with Crippen LogP contribution in [-0.2, 0) is 4.79 Å². The summed E-state index contributed by atoms with van der Waals surface area (Å²) in [5.74, 6) is 1.04. The van der Waals surface area contributed by atoms with Crippen LogP contribution in [0.5, 0.6) is 0 Å². The highest BCUT2D eigenvalue weighted by Crippen LogP contribution is 2.24. The van der Waals surface area contributed by atoms with Crippen LogP contribution < -0.4 is 10.6 Å². The van der Waals surface area contributed by atoms with Gasteiger partial charge in [0.05, 0.1) is 11.8 Å². The summed E-state index contributed by atoms with van der Waals surface area (Å²) >= 11 is 1.59. The predicted molar refractivity (Wildman–Crippen MR) is 64.1 cm³/mol. The Bertz CT molecular complexity index is 382. The summed E-state index contributed by atoms with van der Waals surface area (Å²) in [5.41, 5.74) is 6.37. The van der Waals surface area contributed by atoms with E-state index in [1.54, 1.807) is 28.8 Å². The van der Waals surface area contributed by atoms with Crippen LogP contribution in [0.4, 0.5) is 10.1 Å². The van der Waals surface area contributed by atoms with Gasteiger partial charge in [0, 0.05) is 18.0 Å². The van der Waals surface area contributed by atoms with Crippen molar-refractivity contribution in [1.29, 1.82) is 0 Å². The van der Waals surface area contributed by atoms with Gasteiger partial charge in [-0.15, -0.1) is 11.8 Å². The fourth-order valence-electron chi connectivity index (χ4n) is 1.76. The molecule has 0 aromatic heterocycles. The number of anilines is 1. The van der Waals surface area contributed by atoms with E-state index in [1.165, 1.54) is 12.1 Å². The lowest BCUT2D eigenvalue weighted by atomic mass is 10.2. The van der Waals surface area contributed by atoms with Crippen molar-refractivity contribution >= 4 is 23.4 Å². The number of thioether (sulfide) groups is 1. The molecule has 1 fully saturated rings. The molecule has 1 amide bonds. The first-order valence-corrected chi connectivity index (χ1v) is 6.23. The molecule has 1 atom stereocenters. The quantitative estimate of drug-likeness (QED) is 0.846. The Labute approximate surface area is 97.8 Å². The minimum absolute atomic E-state index is 0.0108.